The number of hydrogen-bond donors (Lipinski definition) is 3. The summed E-state index contributed by atoms with van der Waals surface area (Å²) < 4.78 is 12.2. The highest BCUT2D eigenvalue weighted by atomic mass is 16.6. The summed E-state index contributed by atoms with van der Waals surface area (Å²) in [7, 11) is 0. The van der Waals surface area contributed by atoms with E-state index in [4.69, 9.17) is 9.47 Å². The third-order valence-electron chi connectivity index (χ3n) is 8.15. The average Bonchev–Trinajstić information content (AvgIpc) is 3.55. The van der Waals surface area contributed by atoms with E-state index in [0.717, 1.165) is 12.8 Å². The first-order chi connectivity index (χ1) is 22.6. The molecule has 3 heterocycles. The van der Waals surface area contributed by atoms with Gasteiger partial charge in [0.05, 0.1) is 18.7 Å². The fourth-order valence-corrected chi connectivity index (χ4v) is 5.56. The van der Waals surface area contributed by atoms with Crippen LogP contribution in [0.3, 0.4) is 0 Å². The first-order valence-electron chi connectivity index (χ1n) is 15.8. The molecule has 5 rings (SSSR count). The molecular weight excluding hydrogens is 614 g/mol. The minimum absolute atomic E-state index is 0.0593. The van der Waals surface area contributed by atoms with Crippen molar-refractivity contribution in [3.05, 3.63) is 42.1 Å². The van der Waals surface area contributed by atoms with Crippen LogP contribution in [0.5, 0.6) is 5.88 Å². The summed E-state index contributed by atoms with van der Waals surface area (Å²) in [5.74, 6) is -3.23. The number of nitrogens with zero attached hydrogens (tertiary/aromatic N) is 5. The molecule has 0 bridgehead atoms. The molecule has 1 saturated carbocycles. The second-order valence-electron chi connectivity index (χ2n) is 11.6. The van der Waals surface area contributed by atoms with Crippen molar-refractivity contribution in [2.45, 2.75) is 57.2 Å². The van der Waals surface area contributed by atoms with Crippen molar-refractivity contribution in [3.8, 4) is 11.6 Å². The number of aromatic nitrogens is 2. The molecular formula is C31H39N7O9. The number of aliphatic carboxylic acids is 1. The number of rotatable bonds is 12. The van der Waals surface area contributed by atoms with Crippen molar-refractivity contribution in [3.63, 3.8) is 0 Å². The van der Waals surface area contributed by atoms with Crippen molar-refractivity contribution in [2.24, 2.45) is 0 Å². The van der Waals surface area contributed by atoms with Gasteiger partial charge in [-0.15, -0.1) is 0 Å². The van der Waals surface area contributed by atoms with Crippen LogP contribution in [0.2, 0.25) is 0 Å². The average molecular weight is 654 g/mol. The van der Waals surface area contributed by atoms with Crippen LogP contribution in [0.4, 0.5) is 4.79 Å². The van der Waals surface area contributed by atoms with E-state index in [-0.39, 0.29) is 62.2 Å². The number of para-hydroxylation sites is 1. The van der Waals surface area contributed by atoms with E-state index < -0.39 is 49.0 Å². The molecule has 0 unspecified atom stereocenters. The Morgan fingerprint density at radius 2 is 1.68 bits per heavy atom. The second-order valence-corrected chi connectivity index (χ2v) is 11.6. The summed E-state index contributed by atoms with van der Waals surface area (Å²) in [6.07, 6.45) is 1.96. The Kier molecular flexibility index (Phi) is 10.6. The zero-order chi connectivity index (χ0) is 33.5. The fourth-order valence-electron chi connectivity index (χ4n) is 5.56. The number of likely N-dealkylation sites (tertiary alicyclic amines) is 1. The topological polar surface area (TPSA) is 193 Å². The largest absolute Gasteiger partial charge is 0.481 e. The number of piperazine rings is 1. The summed E-state index contributed by atoms with van der Waals surface area (Å²) in [6, 6.07) is 8.23. The molecule has 16 heteroatoms. The molecule has 2 atom stereocenters. The van der Waals surface area contributed by atoms with Crippen LogP contribution in [0.1, 0.15) is 49.5 Å². The molecule has 2 saturated heterocycles. The van der Waals surface area contributed by atoms with Crippen LogP contribution in [0.25, 0.3) is 5.69 Å². The van der Waals surface area contributed by atoms with Gasteiger partial charge < -0.3 is 39.9 Å². The first kappa shape index (κ1) is 33.2. The first-order valence-corrected chi connectivity index (χ1v) is 15.8. The van der Waals surface area contributed by atoms with E-state index in [1.54, 1.807) is 37.3 Å². The summed E-state index contributed by atoms with van der Waals surface area (Å²) >= 11 is 0. The molecule has 47 heavy (non-hydrogen) atoms. The molecule has 2 aromatic rings. The van der Waals surface area contributed by atoms with E-state index >= 15 is 0 Å². The van der Waals surface area contributed by atoms with E-state index in [0.29, 0.717) is 25.1 Å². The molecule has 1 aliphatic carbocycles. The van der Waals surface area contributed by atoms with Crippen molar-refractivity contribution >= 4 is 35.7 Å². The van der Waals surface area contributed by atoms with Crippen molar-refractivity contribution < 1.29 is 43.3 Å². The van der Waals surface area contributed by atoms with Gasteiger partial charge in [-0.1, -0.05) is 18.2 Å². The van der Waals surface area contributed by atoms with Gasteiger partial charge in [-0.25, -0.2) is 9.48 Å². The van der Waals surface area contributed by atoms with Gasteiger partial charge in [0.1, 0.15) is 12.1 Å². The van der Waals surface area contributed by atoms with Gasteiger partial charge in [0.15, 0.2) is 12.3 Å². The monoisotopic (exact) mass is 653 g/mol. The van der Waals surface area contributed by atoms with E-state index in [2.05, 4.69) is 15.7 Å². The smallest absolute Gasteiger partial charge is 0.409 e. The lowest BCUT2D eigenvalue weighted by molar-refractivity contribution is -0.143. The number of carbonyl (C=O) groups is 6. The SMILES string of the molecule is CCOC(=O)N1CCN(C(=O)[C@H](CC(=O)O)NC(=O)c2cc(OCC(=O)N3CCC[C@H]3C(=O)NC3CC3)n(-c3ccccc3)n2)CC1. The molecule has 1 aromatic heterocycles. The number of hydrogen-bond acceptors (Lipinski definition) is 9. The number of nitrogens with one attached hydrogen (secondary N) is 2. The van der Waals surface area contributed by atoms with Gasteiger partial charge in [-0.3, -0.25) is 24.0 Å². The van der Waals surface area contributed by atoms with Crippen LogP contribution < -0.4 is 15.4 Å². The molecule has 1 aromatic carbocycles. The molecule has 5 amide bonds. The molecule has 16 nitrogen and oxygen atoms in total. The minimum Gasteiger partial charge on any atom is -0.481 e. The lowest BCUT2D eigenvalue weighted by atomic mass is 10.1. The fraction of sp³-hybridized carbons (Fsp3) is 0.516. The second kappa shape index (κ2) is 15.0. The Balaban J connectivity index is 1.27. The van der Waals surface area contributed by atoms with Crippen molar-refractivity contribution in [2.75, 3.05) is 45.9 Å². The molecule has 0 spiro atoms. The van der Waals surface area contributed by atoms with E-state index in [1.165, 1.54) is 25.4 Å². The quantitative estimate of drug-likeness (QED) is 0.289. The molecule has 0 radical (unpaired) electrons. The third kappa shape index (κ3) is 8.37. The van der Waals surface area contributed by atoms with Gasteiger partial charge >= 0.3 is 12.1 Å². The Morgan fingerprint density at radius 1 is 0.979 bits per heavy atom. The van der Waals surface area contributed by atoms with Crippen LogP contribution in [-0.2, 0) is 23.9 Å². The van der Waals surface area contributed by atoms with Crippen LogP contribution >= 0.6 is 0 Å². The summed E-state index contributed by atoms with van der Waals surface area (Å²) in [5.41, 5.74) is 0.351. The van der Waals surface area contributed by atoms with Gasteiger partial charge in [-0.05, 0) is 44.7 Å². The van der Waals surface area contributed by atoms with Gasteiger partial charge in [0, 0.05) is 44.8 Å². The minimum atomic E-state index is -1.41. The molecule has 3 aliphatic rings. The highest BCUT2D eigenvalue weighted by molar-refractivity contribution is 5.97. The zero-order valence-corrected chi connectivity index (χ0v) is 26.1. The normalized spacial score (nSPS) is 18.3. The van der Waals surface area contributed by atoms with Crippen LogP contribution in [0.15, 0.2) is 36.4 Å². The van der Waals surface area contributed by atoms with Crippen molar-refractivity contribution in [1.29, 1.82) is 0 Å². The lowest BCUT2D eigenvalue weighted by Crippen LogP contribution is -2.56. The Morgan fingerprint density at radius 3 is 2.34 bits per heavy atom. The summed E-state index contributed by atoms with van der Waals surface area (Å²) in [6.45, 7) is 2.58. The van der Waals surface area contributed by atoms with Gasteiger partial charge in [0.25, 0.3) is 11.8 Å². The van der Waals surface area contributed by atoms with Gasteiger partial charge in [0.2, 0.25) is 17.7 Å². The summed E-state index contributed by atoms with van der Waals surface area (Å²) in [4.78, 5) is 80.6. The lowest BCUT2D eigenvalue weighted by Gasteiger charge is -2.35. The maximum atomic E-state index is 13.4. The number of ether oxygens (including phenoxy) is 2. The number of benzene rings is 1. The van der Waals surface area contributed by atoms with Crippen LogP contribution in [-0.4, -0.2) is 129 Å². The maximum absolute atomic E-state index is 13.4. The molecule has 3 N–H and O–H groups in total. The zero-order valence-electron chi connectivity index (χ0n) is 26.1. The van der Waals surface area contributed by atoms with Gasteiger partial charge in [-0.2, -0.15) is 5.10 Å². The molecule has 3 fully saturated rings. The number of carboxylic acid groups (broad SMARTS) is 1. The number of carbonyl (C=O) groups excluding carboxylic acids is 5. The standard InChI is InChI=1S/C31H39N7O9/c1-2-46-31(45)36-15-13-35(14-16-36)30(44)23(18-27(40)41)33-28(42)22-17-26(38(34-22)21-7-4-3-5-8-21)47-19-25(39)37-12-6-9-24(37)29(43)32-20-10-11-20/h3-5,7-8,17,20,23-24H,2,6,9-16,18-19H2,1H3,(H,32,43)(H,33,42)(H,40,41)/t23-,24-/m0/s1. The number of carboxylic acids is 1. The molecule has 2 aliphatic heterocycles. The third-order valence-corrected chi connectivity index (χ3v) is 8.15. The Bertz CT molecular complexity index is 1490. The highest BCUT2D eigenvalue weighted by Crippen LogP contribution is 2.24. The predicted molar refractivity (Wildman–Crippen MR) is 164 cm³/mol. The van der Waals surface area contributed by atoms with E-state index in [9.17, 15) is 33.9 Å². The van der Waals surface area contributed by atoms with Crippen LogP contribution in [0, 0.1) is 0 Å². The Hall–Kier alpha value is -5.15. The summed E-state index contributed by atoms with van der Waals surface area (Å²) in [5, 5.41) is 19.3. The predicted octanol–water partition coefficient (Wildman–Crippen LogP) is 0.395. The Labute approximate surface area is 270 Å². The van der Waals surface area contributed by atoms with Crippen molar-refractivity contribution in [1.82, 2.24) is 35.1 Å². The highest BCUT2D eigenvalue weighted by Gasteiger charge is 2.37. The maximum Gasteiger partial charge on any atom is 0.409 e. The molecule has 252 valence electrons. The van der Waals surface area contributed by atoms with E-state index in [1.807, 2.05) is 0 Å². The number of amides is 5.